The Morgan fingerprint density at radius 1 is 0.682 bits per heavy atom. The molecule has 2 N–H and O–H groups in total. The molecule has 3 saturated carbocycles. The van der Waals surface area contributed by atoms with Gasteiger partial charge in [0.15, 0.2) is 5.12 Å². The third kappa shape index (κ3) is 46.1. The van der Waals surface area contributed by atoms with Crippen LogP contribution in [-0.2, 0) is 19.1 Å². The van der Waals surface area contributed by atoms with Crippen LogP contribution in [0.3, 0.4) is 0 Å². The summed E-state index contributed by atoms with van der Waals surface area (Å²) in [6.45, 7) is 26.3. The average molecular weight is 987 g/mol. The van der Waals surface area contributed by atoms with E-state index in [4.69, 9.17) is 20.8 Å². The highest BCUT2D eigenvalue weighted by Gasteiger charge is 2.35. The fourth-order valence-corrected chi connectivity index (χ4v) is 11.3. The first kappa shape index (κ1) is 81.3. The van der Waals surface area contributed by atoms with Crippen LogP contribution in [0, 0.1) is 17.8 Å². The van der Waals surface area contributed by atoms with E-state index in [9.17, 15) is 23.4 Å². The molecular weight excluding hydrogens is 891 g/mol. The number of carbonyl (C=O) groups excluding carboxylic acids is 1. The largest absolute Gasteiger partial charge is 0.393 e. The molecule has 4 aliphatic rings. The van der Waals surface area contributed by atoms with Crippen molar-refractivity contribution < 1.29 is 27.6 Å². The van der Waals surface area contributed by atoms with Crippen molar-refractivity contribution in [1.82, 2.24) is 0 Å². The van der Waals surface area contributed by atoms with E-state index >= 15 is 0 Å². The summed E-state index contributed by atoms with van der Waals surface area (Å²) in [4.78, 5) is 19.6. The summed E-state index contributed by atoms with van der Waals surface area (Å²) in [5.41, 5.74) is 24.8. The molecule has 383 valence electrons. The van der Waals surface area contributed by atoms with E-state index in [2.05, 4.69) is 41.8 Å². The van der Waals surface area contributed by atoms with Gasteiger partial charge in [-0.2, -0.15) is 20.2 Å². The summed E-state index contributed by atoms with van der Waals surface area (Å²) in [5, 5.41) is 31.6. The molecule has 9 atom stereocenters. The van der Waals surface area contributed by atoms with Gasteiger partial charge in [-0.25, -0.2) is 0 Å². The fourth-order valence-electron chi connectivity index (χ4n) is 7.72. The molecule has 0 unspecified atom stereocenters. The van der Waals surface area contributed by atoms with E-state index in [1.807, 2.05) is 83.1 Å². The number of thioether (sulfide) groups is 2. The molecule has 9 radical (unpaired) electrons. The van der Waals surface area contributed by atoms with E-state index < -0.39 is 22.3 Å². The standard InChI is InChI=1S/C13H23N3O4S2.C10H19N3O2.C10H17N3S.6C2H6.3B/c1-10(17)21-13-7-5-3-4-6-11(13)8-12(9-15-16-14)20-22(2,18)19;11-13-12-7-9(14)6-8-4-2-1-3-5-10(8)15;11-13-12-7-9-6-8-4-2-1-3-5-10(8)14-9;6*1-2;;;/h11-13H,3-9H2,1-2H3;8-10,14-15H,1-7H2;8-10H,1-7H2;6*1-2H3;;;/t11-,12+,13+;8-,9+,10-;8-,9-,10+;;;;;;;;;/m000........./s1. The quantitative estimate of drug-likeness (QED) is 0.0447. The van der Waals surface area contributed by atoms with Gasteiger partial charge in [-0.3, -0.25) is 8.98 Å². The number of azide groups is 3. The minimum atomic E-state index is -3.61. The molecular formula is C45H95B3N9O6S3. The zero-order valence-electron chi connectivity index (χ0n) is 44.1. The van der Waals surface area contributed by atoms with Crippen LogP contribution in [0.25, 0.3) is 31.3 Å². The lowest BCUT2D eigenvalue weighted by molar-refractivity contribution is -0.109. The van der Waals surface area contributed by atoms with Crippen molar-refractivity contribution in [2.45, 2.75) is 240 Å². The summed E-state index contributed by atoms with van der Waals surface area (Å²) in [6.07, 6.45) is 19.1. The summed E-state index contributed by atoms with van der Waals surface area (Å²) in [7, 11) is -3.61. The Hall–Kier alpha value is -1.68. The van der Waals surface area contributed by atoms with Gasteiger partial charge >= 0.3 is 0 Å². The van der Waals surface area contributed by atoms with Crippen molar-refractivity contribution in [3.05, 3.63) is 31.3 Å². The molecule has 0 aromatic carbocycles. The Bertz CT molecular complexity index is 1290. The first-order valence-electron chi connectivity index (χ1n) is 24.5. The molecule has 0 spiro atoms. The number of aliphatic hydroxyl groups is 2. The highest BCUT2D eigenvalue weighted by molar-refractivity contribution is 8.14. The second-order valence-corrected chi connectivity index (χ2v) is 18.8. The lowest BCUT2D eigenvalue weighted by atomic mass is 9.91. The molecule has 0 bridgehead atoms. The Morgan fingerprint density at radius 2 is 1.14 bits per heavy atom. The molecule has 66 heavy (non-hydrogen) atoms. The Labute approximate surface area is 419 Å². The van der Waals surface area contributed by atoms with Crippen molar-refractivity contribution in [1.29, 1.82) is 0 Å². The summed E-state index contributed by atoms with van der Waals surface area (Å²) >= 11 is 3.42. The molecule has 21 heteroatoms. The molecule has 1 aliphatic heterocycles. The lowest BCUT2D eigenvalue weighted by Crippen LogP contribution is -2.28. The number of nitrogens with zero attached hydrogens (tertiary/aromatic N) is 9. The van der Waals surface area contributed by atoms with Crippen LogP contribution >= 0.6 is 23.5 Å². The summed E-state index contributed by atoms with van der Waals surface area (Å²) in [5.74, 6) is 1.27. The van der Waals surface area contributed by atoms with E-state index in [0.29, 0.717) is 24.6 Å². The molecule has 0 amide bonds. The van der Waals surface area contributed by atoms with Gasteiger partial charge in [-0.15, -0.1) is 0 Å². The number of fused-ring (bicyclic) bond motifs is 1. The first-order valence-corrected chi connectivity index (χ1v) is 28.2. The molecule has 1 saturated heterocycles. The second-order valence-electron chi connectivity index (χ2n) is 14.2. The molecule has 4 fully saturated rings. The highest BCUT2D eigenvalue weighted by atomic mass is 32.2. The summed E-state index contributed by atoms with van der Waals surface area (Å²) < 4.78 is 27.8. The van der Waals surface area contributed by atoms with Gasteiger partial charge in [-0.1, -0.05) is 168 Å². The Kier molecular flexibility index (Phi) is 73.2. The van der Waals surface area contributed by atoms with Gasteiger partial charge in [0.2, 0.25) is 0 Å². The normalized spacial score (nSPS) is 23.0. The van der Waals surface area contributed by atoms with Crippen LogP contribution in [0.4, 0.5) is 0 Å². The average Bonchev–Trinajstić information content (AvgIpc) is 3.47. The maximum atomic E-state index is 11.4. The maximum absolute atomic E-state index is 11.4. The zero-order chi connectivity index (χ0) is 49.5. The topological polar surface area (TPSA) is 247 Å². The predicted octanol–water partition coefficient (Wildman–Crippen LogP) is 14.0. The van der Waals surface area contributed by atoms with Gasteiger partial charge in [0.25, 0.3) is 10.1 Å². The van der Waals surface area contributed by atoms with E-state index in [1.165, 1.54) is 56.7 Å². The van der Waals surface area contributed by atoms with Crippen LogP contribution in [0.2, 0.25) is 0 Å². The molecule has 1 heterocycles. The zero-order valence-corrected chi connectivity index (χ0v) is 46.5. The Balaban J connectivity index is -0.000000114. The van der Waals surface area contributed by atoms with Crippen LogP contribution in [0.1, 0.15) is 206 Å². The van der Waals surface area contributed by atoms with Crippen LogP contribution in [0.5, 0.6) is 0 Å². The predicted molar refractivity (Wildman–Crippen MR) is 290 cm³/mol. The minimum Gasteiger partial charge on any atom is -0.393 e. The van der Waals surface area contributed by atoms with Gasteiger partial charge in [0, 0.05) is 69.2 Å². The number of hydrogen-bond donors (Lipinski definition) is 2. The van der Waals surface area contributed by atoms with Crippen molar-refractivity contribution in [3.63, 3.8) is 0 Å². The van der Waals surface area contributed by atoms with Gasteiger partial charge in [-0.05, 0) is 92.1 Å². The third-order valence-corrected chi connectivity index (χ3v) is 13.6. The SMILES string of the molecule is CC.CC.CC.CC.CC.CC.CC(=O)S[C@@H]1CCCCC[C@H]1C[C@H](CN=[N+]=[N-])OS(C)(=O)=O.[B].[B].[B].[N-]=[N+]=NC[C@@H]1C[C@@H]2CCCCC[C@H]2S1.[N-]=[N+]=NC[C@H](O)C[C@@H]1CCCCC[C@@H]1O. The van der Waals surface area contributed by atoms with Crippen molar-refractivity contribution in [2.24, 2.45) is 33.1 Å². The molecule has 3 aliphatic carbocycles. The third-order valence-electron chi connectivity index (χ3n) is 10.1. The number of rotatable bonds is 13. The fraction of sp³-hybridized carbons (Fsp3) is 0.978. The number of hydrogen-bond acceptors (Lipinski definition) is 11. The van der Waals surface area contributed by atoms with Gasteiger partial charge < -0.3 is 10.2 Å². The van der Waals surface area contributed by atoms with Crippen molar-refractivity contribution in [2.75, 3.05) is 25.9 Å². The van der Waals surface area contributed by atoms with Crippen molar-refractivity contribution in [3.8, 4) is 0 Å². The van der Waals surface area contributed by atoms with Crippen LogP contribution in [-0.4, -0.2) is 109 Å². The Morgan fingerprint density at radius 3 is 1.64 bits per heavy atom. The smallest absolute Gasteiger partial charge is 0.264 e. The maximum Gasteiger partial charge on any atom is 0.264 e. The van der Waals surface area contributed by atoms with Gasteiger partial charge in [0.1, 0.15) is 0 Å². The molecule has 0 aromatic rings. The van der Waals surface area contributed by atoms with Crippen LogP contribution < -0.4 is 0 Å². The number of aliphatic hydroxyl groups excluding tert-OH is 2. The lowest BCUT2D eigenvalue weighted by Gasteiger charge is -2.27. The molecule has 4 rings (SSSR count). The van der Waals surface area contributed by atoms with E-state index in [0.717, 1.165) is 75.2 Å². The minimum absolute atomic E-state index is 0. The van der Waals surface area contributed by atoms with Crippen LogP contribution in [0.15, 0.2) is 15.3 Å². The van der Waals surface area contributed by atoms with Gasteiger partial charge in [0.05, 0.1) is 37.7 Å². The molecule has 15 nitrogen and oxygen atoms in total. The van der Waals surface area contributed by atoms with E-state index in [1.54, 1.807) is 6.92 Å². The van der Waals surface area contributed by atoms with Crippen molar-refractivity contribution >= 4 is 64.0 Å². The monoisotopic (exact) mass is 987 g/mol. The highest BCUT2D eigenvalue weighted by Crippen LogP contribution is 2.45. The second kappa shape index (κ2) is 59.4. The summed E-state index contributed by atoms with van der Waals surface area (Å²) in [6, 6.07) is 0. The first-order chi connectivity index (χ1) is 30.4. The number of carbonyl (C=O) groups is 1. The van der Waals surface area contributed by atoms with E-state index in [-0.39, 0.29) is 66.6 Å². The molecule has 0 aromatic heterocycles.